The van der Waals surface area contributed by atoms with E-state index in [0.29, 0.717) is 6.04 Å². The van der Waals surface area contributed by atoms with Gasteiger partial charge in [-0.2, -0.15) is 0 Å². The molecule has 2 aliphatic carbocycles. The maximum atomic E-state index is 4.64. The molecule has 0 radical (unpaired) electrons. The SMILES string of the molecule is Cc1ccc2c(c1)C(NC1CC1)(c1nccs1)CC2. The first kappa shape index (κ1) is 11.6. The summed E-state index contributed by atoms with van der Waals surface area (Å²) in [5.74, 6) is 0. The average molecular weight is 270 g/mol. The molecule has 1 aromatic heterocycles. The zero-order valence-corrected chi connectivity index (χ0v) is 12.0. The number of hydrogen-bond donors (Lipinski definition) is 1. The van der Waals surface area contributed by atoms with Crippen molar-refractivity contribution >= 4 is 11.3 Å². The lowest BCUT2D eigenvalue weighted by atomic mass is 9.91. The normalized spacial score (nSPS) is 25.5. The predicted molar refractivity (Wildman–Crippen MR) is 78.6 cm³/mol. The monoisotopic (exact) mass is 270 g/mol. The van der Waals surface area contributed by atoms with Gasteiger partial charge in [0, 0.05) is 17.6 Å². The summed E-state index contributed by atoms with van der Waals surface area (Å²) in [6.07, 6.45) is 6.87. The van der Waals surface area contributed by atoms with Gasteiger partial charge in [0.25, 0.3) is 0 Å². The molecular weight excluding hydrogens is 252 g/mol. The quantitative estimate of drug-likeness (QED) is 0.924. The van der Waals surface area contributed by atoms with Crippen LogP contribution in [0.2, 0.25) is 0 Å². The maximum Gasteiger partial charge on any atom is 0.117 e. The zero-order chi connectivity index (χ0) is 12.9. The number of nitrogens with zero attached hydrogens (tertiary/aromatic N) is 1. The molecule has 2 aromatic rings. The van der Waals surface area contributed by atoms with Crippen LogP contribution < -0.4 is 5.32 Å². The van der Waals surface area contributed by atoms with Crippen LogP contribution in [0.3, 0.4) is 0 Å². The van der Waals surface area contributed by atoms with Crippen molar-refractivity contribution in [3.05, 3.63) is 51.5 Å². The van der Waals surface area contributed by atoms with Crippen LogP contribution in [0, 0.1) is 6.92 Å². The van der Waals surface area contributed by atoms with E-state index in [1.807, 2.05) is 6.20 Å². The van der Waals surface area contributed by atoms with E-state index in [0.717, 1.165) is 12.8 Å². The van der Waals surface area contributed by atoms with Gasteiger partial charge < -0.3 is 0 Å². The molecule has 1 heterocycles. The molecule has 0 amide bonds. The highest BCUT2D eigenvalue weighted by Gasteiger charge is 2.45. The van der Waals surface area contributed by atoms with E-state index in [9.17, 15) is 0 Å². The van der Waals surface area contributed by atoms with Gasteiger partial charge in [-0.1, -0.05) is 23.8 Å². The van der Waals surface area contributed by atoms with Crippen LogP contribution in [0.5, 0.6) is 0 Å². The van der Waals surface area contributed by atoms with Crippen LogP contribution in [0.4, 0.5) is 0 Å². The minimum absolute atomic E-state index is 0.0172. The summed E-state index contributed by atoms with van der Waals surface area (Å²) >= 11 is 1.78. The minimum atomic E-state index is -0.0172. The molecule has 1 atom stereocenters. The Morgan fingerprint density at radius 1 is 1.37 bits per heavy atom. The fourth-order valence-corrected chi connectivity index (χ4v) is 4.05. The summed E-state index contributed by atoms with van der Waals surface area (Å²) in [7, 11) is 0. The molecule has 0 bridgehead atoms. The average Bonchev–Trinajstić information content (AvgIpc) is 2.91. The third kappa shape index (κ3) is 1.84. The lowest BCUT2D eigenvalue weighted by Gasteiger charge is -2.30. The molecule has 2 nitrogen and oxygen atoms in total. The second-order valence-electron chi connectivity index (χ2n) is 5.82. The minimum Gasteiger partial charge on any atom is -0.299 e. The Morgan fingerprint density at radius 3 is 3.00 bits per heavy atom. The number of hydrogen-bond acceptors (Lipinski definition) is 3. The molecule has 1 aromatic carbocycles. The molecule has 19 heavy (non-hydrogen) atoms. The third-order valence-electron chi connectivity index (χ3n) is 4.32. The highest BCUT2D eigenvalue weighted by Crippen LogP contribution is 2.45. The Balaban J connectivity index is 1.87. The predicted octanol–water partition coefficient (Wildman–Crippen LogP) is 3.39. The van der Waals surface area contributed by atoms with Gasteiger partial charge >= 0.3 is 0 Å². The molecule has 1 unspecified atom stereocenters. The molecule has 0 spiro atoms. The second kappa shape index (κ2) is 4.15. The highest BCUT2D eigenvalue weighted by molar-refractivity contribution is 7.09. The summed E-state index contributed by atoms with van der Waals surface area (Å²) in [5.41, 5.74) is 4.29. The van der Waals surface area contributed by atoms with Crippen LogP contribution >= 0.6 is 11.3 Å². The van der Waals surface area contributed by atoms with Crippen molar-refractivity contribution < 1.29 is 0 Å². The van der Waals surface area contributed by atoms with Gasteiger partial charge in [-0.05, 0) is 43.7 Å². The van der Waals surface area contributed by atoms with E-state index in [2.05, 4.69) is 40.8 Å². The highest BCUT2D eigenvalue weighted by atomic mass is 32.1. The Bertz CT molecular complexity index is 601. The van der Waals surface area contributed by atoms with E-state index in [1.165, 1.54) is 34.5 Å². The summed E-state index contributed by atoms with van der Waals surface area (Å²) in [6, 6.07) is 7.58. The van der Waals surface area contributed by atoms with Crippen LogP contribution in [-0.4, -0.2) is 11.0 Å². The fraction of sp³-hybridized carbons (Fsp3) is 0.438. The van der Waals surface area contributed by atoms with Crippen molar-refractivity contribution in [2.45, 2.75) is 44.2 Å². The van der Waals surface area contributed by atoms with Crippen LogP contribution in [0.1, 0.15) is 41.0 Å². The molecule has 0 saturated heterocycles. The van der Waals surface area contributed by atoms with Crippen molar-refractivity contribution in [1.29, 1.82) is 0 Å². The van der Waals surface area contributed by atoms with Gasteiger partial charge in [0.1, 0.15) is 5.01 Å². The Morgan fingerprint density at radius 2 is 2.26 bits per heavy atom. The third-order valence-corrected chi connectivity index (χ3v) is 5.25. The van der Waals surface area contributed by atoms with E-state index < -0.39 is 0 Å². The topological polar surface area (TPSA) is 24.9 Å². The second-order valence-corrected chi connectivity index (χ2v) is 6.72. The smallest absolute Gasteiger partial charge is 0.117 e. The van der Waals surface area contributed by atoms with Gasteiger partial charge in [0.05, 0.1) is 5.54 Å². The number of benzene rings is 1. The van der Waals surface area contributed by atoms with Crippen LogP contribution in [0.25, 0.3) is 0 Å². The van der Waals surface area contributed by atoms with Gasteiger partial charge in [0.2, 0.25) is 0 Å². The first-order valence-corrected chi connectivity index (χ1v) is 7.93. The van der Waals surface area contributed by atoms with Gasteiger partial charge in [-0.25, -0.2) is 4.98 Å². The molecule has 98 valence electrons. The zero-order valence-electron chi connectivity index (χ0n) is 11.1. The first-order chi connectivity index (χ1) is 9.28. The standard InChI is InChI=1S/C16H18N2S/c1-11-2-3-12-6-7-16(14(12)10-11,18-13-4-5-13)15-17-8-9-19-15/h2-3,8-10,13,18H,4-7H2,1H3. The Labute approximate surface area is 117 Å². The summed E-state index contributed by atoms with van der Waals surface area (Å²) in [5, 5.41) is 7.24. The number of thiazole rings is 1. The van der Waals surface area contributed by atoms with Gasteiger partial charge in [-0.15, -0.1) is 11.3 Å². The van der Waals surface area contributed by atoms with Crippen molar-refractivity contribution in [3.63, 3.8) is 0 Å². The number of fused-ring (bicyclic) bond motifs is 1. The summed E-state index contributed by atoms with van der Waals surface area (Å²) in [6.45, 7) is 2.18. The molecule has 1 fully saturated rings. The van der Waals surface area contributed by atoms with Crippen molar-refractivity contribution in [2.75, 3.05) is 0 Å². The van der Waals surface area contributed by atoms with E-state index >= 15 is 0 Å². The fourth-order valence-electron chi connectivity index (χ4n) is 3.21. The van der Waals surface area contributed by atoms with Gasteiger partial charge in [0.15, 0.2) is 0 Å². The molecular formula is C16H18N2S. The van der Waals surface area contributed by atoms with E-state index in [-0.39, 0.29) is 5.54 Å². The van der Waals surface area contributed by atoms with Crippen molar-refractivity contribution in [3.8, 4) is 0 Å². The maximum absolute atomic E-state index is 4.64. The lowest BCUT2D eigenvalue weighted by Crippen LogP contribution is -2.43. The van der Waals surface area contributed by atoms with Crippen molar-refractivity contribution in [1.82, 2.24) is 10.3 Å². The van der Waals surface area contributed by atoms with E-state index in [1.54, 1.807) is 11.3 Å². The van der Waals surface area contributed by atoms with E-state index in [4.69, 9.17) is 0 Å². The number of aromatic nitrogens is 1. The summed E-state index contributed by atoms with van der Waals surface area (Å²) in [4.78, 5) is 4.64. The molecule has 2 aliphatic rings. The van der Waals surface area contributed by atoms with Crippen LogP contribution in [-0.2, 0) is 12.0 Å². The molecule has 3 heteroatoms. The van der Waals surface area contributed by atoms with Crippen molar-refractivity contribution in [2.24, 2.45) is 0 Å². The molecule has 1 saturated carbocycles. The molecule has 1 N–H and O–H groups in total. The van der Waals surface area contributed by atoms with Crippen LogP contribution in [0.15, 0.2) is 29.8 Å². The largest absolute Gasteiger partial charge is 0.299 e. The number of rotatable bonds is 3. The first-order valence-electron chi connectivity index (χ1n) is 7.06. The number of nitrogens with one attached hydrogen (secondary N) is 1. The lowest BCUT2D eigenvalue weighted by molar-refractivity contribution is 0.393. The Hall–Kier alpha value is -1.19. The van der Waals surface area contributed by atoms with Gasteiger partial charge in [-0.3, -0.25) is 5.32 Å². The molecule has 0 aliphatic heterocycles. The molecule has 4 rings (SSSR count). The Kier molecular flexibility index (Phi) is 2.54. The summed E-state index contributed by atoms with van der Waals surface area (Å²) < 4.78 is 0. The number of aryl methyl sites for hydroxylation is 2.